The van der Waals surface area contributed by atoms with E-state index in [4.69, 9.17) is 4.42 Å². The van der Waals surface area contributed by atoms with Crippen LogP contribution >= 0.6 is 0 Å². The van der Waals surface area contributed by atoms with Crippen molar-refractivity contribution in [2.75, 3.05) is 0 Å². The Hall–Kier alpha value is -3.11. The number of allylic oxidation sites excluding steroid dienone is 3. The number of hydrogen-bond donors (Lipinski definition) is 1. The lowest BCUT2D eigenvalue weighted by Crippen LogP contribution is -2.35. The molecule has 0 saturated carbocycles. The molecule has 0 radical (unpaired) electrons. The second kappa shape index (κ2) is 8.68. The van der Waals surface area contributed by atoms with Crippen molar-refractivity contribution in [2.24, 2.45) is 0 Å². The van der Waals surface area contributed by atoms with Gasteiger partial charge in [-0.2, -0.15) is 26.3 Å². The van der Waals surface area contributed by atoms with Crippen molar-refractivity contribution in [3.05, 3.63) is 70.3 Å². The molecule has 1 amide bonds. The molecule has 3 rings (SSSR count). The van der Waals surface area contributed by atoms with Crippen LogP contribution in [0.15, 0.2) is 57.8 Å². The van der Waals surface area contributed by atoms with E-state index in [2.05, 4.69) is 5.32 Å². The first kappa shape index (κ1) is 24.5. The lowest BCUT2D eigenvalue weighted by molar-refractivity contribution is -0.143. The number of halogens is 8. The molecule has 0 fully saturated rings. The number of alkyl halides is 7. The Kier molecular flexibility index (Phi) is 6.45. The highest BCUT2D eigenvalue weighted by atomic mass is 19.4. The Morgan fingerprint density at radius 3 is 2.15 bits per heavy atom. The summed E-state index contributed by atoms with van der Waals surface area (Å²) in [7, 11) is 0. The summed E-state index contributed by atoms with van der Waals surface area (Å²) in [5.41, 5.74) is -3.38. The number of amides is 1. The van der Waals surface area contributed by atoms with E-state index in [0.29, 0.717) is 12.1 Å². The third-order valence-electron chi connectivity index (χ3n) is 5.18. The molecule has 33 heavy (non-hydrogen) atoms. The fraction of sp³-hybridized carbons (Fsp3) is 0.318. The van der Waals surface area contributed by atoms with Crippen molar-refractivity contribution in [3.63, 3.8) is 0 Å². The molecular weight excluding hydrogens is 462 g/mol. The average Bonchev–Trinajstić information content (AvgIpc) is 3.20. The average molecular weight is 479 g/mol. The molecule has 2 unspecified atom stereocenters. The zero-order chi connectivity index (χ0) is 24.7. The molecule has 1 aromatic carbocycles. The van der Waals surface area contributed by atoms with Crippen molar-refractivity contribution in [1.29, 1.82) is 0 Å². The molecule has 0 aliphatic heterocycles. The van der Waals surface area contributed by atoms with Crippen LogP contribution in [0.1, 0.15) is 41.9 Å². The minimum atomic E-state index is -5.04. The van der Waals surface area contributed by atoms with E-state index >= 15 is 0 Å². The zero-order valence-electron chi connectivity index (χ0n) is 17.2. The molecular formula is C22H17F8NO2. The highest BCUT2D eigenvalue weighted by Crippen LogP contribution is 2.39. The molecule has 1 heterocycles. The quantitative estimate of drug-likeness (QED) is 0.479. The molecule has 11 heteroatoms. The second-order valence-electron chi connectivity index (χ2n) is 7.58. The molecule has 3 nitrogen and oxygen atoms in total. The second-order valence-corrected chi connectivity index (χ2v) is 7.58. The van der Waals surface area contributed by atoms with E-state index in [-0.39, 0.29) is 23.6 Å². The molecule has 0 saturated heterocycles. The van der Waals surface area contributed by atoms with Crippen molar-refractivity contribution in [1.82, 2.24) is 5.32 Å². The molecule has 1 aliphatic rings. The van der Waals surface area contributed by atoms with Gasteiger partial charge in [0.2, 0.25) is 0 Å². The van der Waals surface area contributed by atoms with Crippen LogP contribution < -0.4 is 5.32 Å². The van der Waals surface area contributed by atoms with E-state index in [0.717, 1.165) is 18.2 Å². The van der Waals surface area contributed by atoms with E-state index in [9.17, 15) is 39.9 Å². The Bertz CT molecular complexity index is 1090. The van der Waals surface area contributed by atoms with Crippen LogP contribution in [0, 0.1) is 0 Å². The van der Waals surface area contributed by atoms with Gasteiger partial charge in [0.25, 0.3) is 5.91 Å². The highest BCUT2D eigenvalue weighted by molar-refractivity contribution is 5.92. The summed E-state index contributed by atoms with van der Waals surface area (Å²) < 4.78 is 111. The summed E-state index contributed by atoms with van der Waals surface area (Å²) in [6.07, 6.45) is -10.7. The first-order chi connectivity index (χ1) is 15.2. The fourth-order valence-corrected chi connectivity index (χ4v) is 3.22. The van der Waals surface area contributed by atoms with Crippen molar-refractivity contribution in [2.45, 2.75) is 44.8 Å². The van der Waals surface area contributed by atoms with Crippen LogP contribution in [0.4, 0.5) is 35.1 Å². The first-order valence-electron chi connectivity index (χ1n) is 9.58. The van der Waals surface area contributed by atoms with Gasteiger partial charge < -0.3 is 9.73 Å². The molecule has 1 aromatic heterocycles. The normalized spacial score (nSPS) is 18.2. The summed E-state index contributed by atoms with van der Waals surface area (Å²) >= 11 is 0. The smallest absolute Gasteiger partial charge is 0.416 e. The molecule has 1 aliphatic carbocycles. The predicted octanol–water partition coefficient (Wildman–Crippen LogP) is 7.01. The maximum absolute atomic E-state index is 13.9. The van der Waals surface area contributed by atoms with Crippen LogP contribution in [0.25, 0.3) is 11.3 Å². The van der Waals surface area contributed by atoms with Crippen LogP contribution in [0.2, 0.25) is 0 Å². The molecule has 1 N–H and O–H groups in total. The Balaban J connectivity index is 1.85. The number of furan rings is 1. The number of nitrogens with one attached hydrogen (secondary N) is 1. The maximum Gasteiger partial charge on any atom is 0.416 e. The van der Waals surface area contributed by atoms with Gasteiger partial charge in [-0.05, 0) is 61.4 Å². The van der Waals surface area contributed by atoms with Gasteiger partial charge in [-0.15, -0.1) is 0 Å². The lowest BCUT2D eigenvalue weighted by atomic mass is 9.92. The summed E-state index contributed by atoms with van der Waals surface area (Å²) in [5.74, 6) is -2.41. The summed E-state index contributed by atoms with van der Waals surface area (Å²) in [6.45, 7) is 2.77. The van der Waals surface area contributed by atoms with Crippen LogP contribution in [0.3, 0.4) is 0 Å². The van der Waals surface area contributed by atoms with E-state index in [1.807, 2.05) is 0 Å². The van der Waals surface area contributed by atoms with Gasteiger partial charge in [0.15, 0.2) is 5.76 Å². The molecule has 0 bridgehead atoms. The van der Waals surface area contributed by atoms with Crippen molar-refractivity contribution in [3.8, 4) is 11.3 Å². The van der Waals surface area contributed by atoms with Crippen molar-refractivity contribution < 1.29 is 44.3 Å². The molecule has 0 spiro atoms. The third-order valence-corrected chi connectivity index (χ3v) is 5.18. The Labute approximate surface area is 182 Å². The number of carbonyl (C=O) groups excluding carboxylic acids is 1. The summed E-state index contributed by atoms with van der Waals surface area (Å²) in [4.78, 5) is 12.4. The Morgan fingerprint density at radius 2 is 1.64 bits per heavy atom. The van der Waals surface area contributed by atoms with Gasteiger partial charge in [0.05, 0.1) is 11.1 Å². The predicted molar refractivity (Wildman–Crippen MR) is 102 cm³/mol. The number of benzene rings is 1. The van der Waals surface area contributed by atoms with E-state index < -0.39 is 64.5 Å². The van der Waals surface area contributed by atoms with E-state index in [1.165, 1.54) is 13.8 Å². The lowest BCUT2D eigenvalue weighted by Gasteiger charge is -2.23. The monoisotopic (exact) mass is 479 g/mol. The van der Waals surface area contributed by atoms with Crippen LogP contribution in [-0.2, 0) is 12.4 Å². The molecule has 2 aromatic rings. The summed E-state index contributed by atoms with van der Waals surface area (Å²) in [5, 5.41) is 2.44. The third kappa shape index (κ3) is 5.45. The highest BCUT2D eigenvalue weighted by Gasteiger charge is 2.37. The summed E-state index contributed by atoms with van der Waals surface area (Å²) in [6, 6.07) is 2.25. The SMILES string of the molecule is CC1=C(F)C=C(C(C)NC(=O)c2ccc(-c3cc(C(F)(F)F)cc(C(F)(F)F)c3)o2)CC1F. The van der Waals surface area contributed by atoms with Crippen LogP contribution in [0.5, 0.6) is 0 Å². The fourth-order valence-electron chi connectivity index (χ4n) is 3.22. The minimum absolute atomic E-state index is 0.0208. The standard InChI is InChI=1S/C22H17F8NO2/c1-10-16(23)7-12(8-17(10)24)11(2)31-20(32)19-4-3-18(33-19)13-5-14(21(25,26)27)9-15(6-13)22(28,29)30/h3-7,9,11,17H,8H2,1-2H3,(H,31,32). The van der Waals surface area contributed by atoms with Gasteiger partial charge >= 0.3 is 12.4 Å². The number of carbonyl (C=O) groups is 1. The van der Waals surface area contributed by atoms with Gasteiger partial charge in [-0.1, -0.05) is 0 Å². The van der Waals surface area contributed by atoms with Gasteiger partial charge in [-0.25, -0.2) is 8.78 Å². The van der Waals surface area contributed by atoms with Gasteiger partial charge in [0.1, 0.15) is 17.8 Å². The topological polar surface area (TPSA) is 42.2 Å². The molecule has 2 atom stereocenters. The minimum Gasteiger partial charge on any atom is -0.451 e. The molecule has 178 valence electrons. The largest absolute Gasteiger partial charge is 0.451 e. The Morgan fingerprint density at radius 1 is 1.06 bits per heavy atom. The van der Waals surface area contributed by atoms with Crippen LogP contribution in [-0.4, -0.2) is 18.1 Å². The zero-order valence-corrected chi connectivity index (χ0v) is 17.2. The number of hydrogen-bond acceptors (Lipinski definition) is 2. The van der Waals surface area contributed by atoms with Crippen molar-refractivity contribution >= 4 is 5.91 Å². The van der Waals surface area contributed by atoms with Gasteiger partial charge in [0, 0.05) is 18.0 Å². The first-order valence-corrected chi connectivity index (χ1v) is 9.58. The van der Waals surface area contributed by atoms with Gasteiger partial charge in [-0.3, -0.25) is 4.79 Å². The maximum atomic E-state index is 13.9. The number of rotatable bonds is 4. The van der Waals surface area contributed by atoms with E-state index in [1.54, 1.807) is 0 Å².